The minimum Gasteiger partial charge on any atom is -0.772 e. The number of nitrogens with one attached hydrogen (secondary N) is 4. The molecule has 2 aromatic heterocycles. The Bertz CT molecular complexity index is 1570. The maximum Gasteiger partial charge on any atom is 0.266 e. The fraction of sp³-hybridized carbons (Fsp3) is 0.500. The Labute approximate surface area is 261 Å². The summed E-state index contributed by atoms with van der Waals surface area (Å²) in [4.78, 5) is 30.7. The lowest BCUT2D eigenvalue weighted by Crippen LogP contribution is -2.37. The number of aromatic nitrogens is 6. The van der Waals surface area contributed by atoms with E-state index in [0.717, 1.165) is 0 Å². The van der Waals surface area contributed by atoms with Gasteiger partial charge in [-0.25, -0.2) is 0 Å². The van der Waals surface area contributed by atoms with Crippen molar-refractivity contribution in [3.8, 4) is 0 Å². The van der Waals surface area contributed by atoms with E-state index in [4.69, 9.17) is 14.0 Å². The first-order valence-corrected chi connectivity index (χ1v) is 16.9. The first kappa shape index (κ1) is 32.4. The molecule has 2 aliphatic heterocycles. The molecule has 19 nitrogen and oxygen atoms in total. The lowest BCUT2D eigenvalue weighted by molar-refractivity contribution is 0.122. The van der Waals surface area contributed by atoms with Gasteiger partial charge in [0.15, 0.2) is 0 Å². The standard InChI is InChI=1S/C24H34N12O7S2/c37-44(38)14-4-25-19-29-21(33-23(31-19)35-6-10-42-11-7-35)27-17-2-1-3-18(16-17)28-22-30-20(26-5-15-45(39,40)41)32-24(34-22)36-8-12-43-13-9-36/h1-3,16H,4-15H2,(H,37,38)(H,39,40,41)(H2,25,27,29,31,33)(H2,26,28,30,32,34)/p-1. The van der Waals surface area contributed by atoms with Gasteiger partial charge in [0.05, 0.1) is 32.2 Å². The normalized spacial score (nSPS) is 16.2. The fourth-order valence-electron chi connectivity index (χ4n) is 4.28. The van der Waals surface area contributed by atoms with E-state index in [9.17, 15) is 17.2 Å². The molecule has 2 fully saturated rings. The van der Waals surface area contributed by atoms with Gasteiger partial charge in [-0.05, 0) is 18.2 Å². The van der Waals surface area contributed by atoms with Crippen molar-refractivity contribution < 1.29 is 31.2 Å². The van der Waals surface area contributed by atoms with Crippen molar-refractivity contribution in [3.63, 3.8) is 0 Å². The highest BCUT2D eigenvalue weighted by atomic mass is 32.2. The van der Waals surface area contributed by atoms with Crippen LogP contribution in [-0.2, 0) is 30.7 Å². The van der Waals surface area contributed by atoms with Gasteiger partial charge in [-0.15, -0.1) is 0 Å². The Morgan fingerprint density at radius 2 is 1.24 bits per heavy atom. The average molecular weight is 666 g/mol. The molecule has 2 aliphatic rings. The van der Waals surface area contributed by atoms with E-state index >= 15 is 0 Å². The minimum atomic E-state index is -4.17. The van der Waals surface area contributed by atoms with Crippen LogP contribution in [0.4, 0.5) is 47.1 Å². The molecule has 3 aromatic rings. The average Bonchev–Trinajstić information content (AvgIpc) is 3.01. The Morgan fingerprint density at radius 1 is 0.778 bits per heavy atom. The van der Waals surface area contributed by atoms with Crippen LogP contribution in [0.2, 0.25) is 0 Å². The summed E-state index contributed by atoms with van der Waals surface area (Å²) in [6.45, 7) is 4.43. The first-order chi connectivity index (χ1) is 21.7. The summed E-state index contributed by atoms with van der Waals surface area (Å²) < 4.78 is 64.3. The van der Waals surface area contributed by atoms with E-state index in [-0.39, 0.29) is 42.6 Å². The lowest BCUT2D eigenvalue weighted by atomic mass is 10.3. The number of nitrogens with zero attached hydrogens (tertiary/aromatic N) is 8. The second kappa shape index (κ2) is 15.3. The Hall–Kier alpha value is -4.02. The van der Waals surface area contributed by atoms with Crippen molar-refractivity contribution in [1.29, 1.82) is 0 Å². The quantitative estimate of drug-likeness (QED) is 0.111. The van der Waals surface area contributed by atoms with Crippen LogP contribution in [-0.4, -0.2) is 129 Å². The van der Waals surface area contributed by atoms with Gasteiger partial charge in [0.1, 0.15) is 0 Å². The third-order valence-corrected chi connectivity index (χ3v) is 7.66. The highest BCUT2D eigenvalue weighted by Gasteiger charge is 2.19. The molecule has 1 atom stereocenters. The van der Waals surface area contributed by atoms with Crippen LogP contribution in [0.1, 0.15) is 0 Å². The third kappa shape index (κ3) is 10.3. The maximum absolute atomic E-state index is 11.2. The van der Waals surface area contributed by atoms with Gasteiger partial charge in [-0.1, -0.05) is 17.1 Å². The molecule has 2 saturated heterocycles. The molecule has 0 radical (unpaired) electrons. The number of hydrogen-bond acceptors (Lipinski definition) is 18. The van der Waals surface area contributed by atoms with E-state index < -0.39 is 27.0 Å². The monoisotopic (exact) mass is 665 g/mol. The lowest BCUT2D eigenvalue weighted by Gasteiger charge is -2.27. The highest BCUT2D eigenvalue weighted by Crippen LogP contribution is 2.24. The van der Waals surface area contributed by atoms with Crippen molar-refractivity contribution in [2.45, 2.75) is 0 Å². The molecular formula is C24H33N12O7S2-. The summed E-state index contributed by atoms with van der Waals surface area (Å²) in [6, 6.07) is 7.20. The van der Waals surface area contributed by atoms with Crippen LogP contribution in [0.5, 0.6) is 0 Å². The van der Waals surface area contributed by atoms with Crippen LogP contribution in [0.25, 0.3) is 0 Å². The van der Waals surface area contributed by atoms with Crippen LogP contribution in [0.3, 0.4) is 0 Å². The van der Waals surface area contributed by atoms with Crippen LogP contribution < -0.4 is 31.1 Å². The number of rotatable bonds is 14. The van der Waals surface area contributed by atoms with Gasteiger partial charge in [0, 0.05) is 56.4 Å². The number of ether oxygens (including phenoxy) is 2. The van der Waals surface area contributed by atoms with Crippen molar-refractivity contribution >= 4 is 68.3 Å². The summed E-state index contributed by atoms with van der Waals surface area (Å²) in [6.07, 6.45) is 0. The molecule has 0 bridgehead atoms. The Kier molecular flexibility index (Phi) is 11.0. The second-order valence-corrected chi connectivity index (χ2v) is 12.3. The van der Waals surface area contributed by atoms with Crippen molar-refractivity contribution in [1.82, 2.24) is 29.9 Å². The molecule has 5 rings (SSSR count). The van der Waals surface area contributed by atoms with Crippen molar-refractivity contribution in [3.05, 3.63) is 24.3 Å². The summed E-state index contributed by atoms with van der Waals surface area (Å²) in [5.41, 5.74) is 1.24. The number of morpholine rings is 2. The maximum atomic E-state index is 11.2. The van der Waals surface area contributed by atoms with Gasteiger partial charge in [-0.3, -0.25) is 8.76 Å². The Balaban J connectivity index is 1.35. The third-order valence-electron chi connectivity index (χ3n) is 6.40. The number of anilines is 8. The molecule has 4 heterocycles. The summed E-state index contributed by atoms with van der Waals surface area (Å²) >= 11 is -2.21. The molecule has 1 aromatic carbocycles. The summed E-state index contributed by atoms with van der Waals surface area (Å²) in [5, 5.41) is 12.1. The zero-order chi connectivity index (χ0) is 31.6. The summed E-state index contributed by atoms with van der Waals surface area (Å²) in [5.74, 6) is 0.993. The van der Waals surface area contributed by atoms with Crippen LogP contribution in [0.15, 0.2) is 24.3 Å². The molecular weight excluding hydrogens is 632 g/mol. The molecule has 0 saturated carbocycles. The van der Waals surface area contributed by atoms with E-state index in [1.165, 1.54) is 0 Å². The summed E-state index contributed by atoms with van der Waals surface area (Å²) in [7, 11) is -4.17. The van der Waals surface area contributed by atoms with Gasteiger partial charge in [-0.2, -0.15) is 38.3 Å². The zero-order valence-electron chi connectivity index (χ0n) is 24.1. The zero-order valence-corrected chi connectivity index (χ0v) is 25.7. The molecule has 0 amide bonds. The SMILES string of the molecule is O=S([O-])CCNc1nc(Nc2cccc(Nc3nc(NCCS(=O)(=O)O)nc(N4CCOCC4)n3)c2)nc(N2CCOCC2)n1. The van der Waals surface area contributed by atoms with Crippen molar-refractivity contribution in [2.75, 3.05) is 108 Å². The first-order valence-electron chi connectivity index (χ1n) is 14.0. The smallest absolute Gasteiger partial charge is 0.266 e. The van der Waals surface area contributed by atoms with Crippen molar-refractivity contribution in [2.24, 2.45) is 0 Å². The highest BCUT2D eigenvalue weighted by molar-refractivity contribution is 7.85. The number of benzene rings is 1. The van der Waals surface area contributed by atoms with Gasteiger partial charge >= 0.3 is 0 Å². The molecule has 5 N–H and O–H groups in total. The molecule has 0 spiro atoms. The molecule has 244 valence electrons. The van der Waals surface area contributed by atoms with Crippen LogP contribution in [0, 0.1) is 0 Å². The topological polar surface area (TPSA) is 245 Å². The largest absolute Gasteiger partial charge is 0.772 e. The van der Waals surface area contributed by atoms with E-state index in [1.54, 1.807) is 18.2 Å². The molecule has 45 heavy (non-hydrogen) atoms. The molecule has 21 heteroatoms. The van der Waals surface area contributed by atoms with E-state index in [0.29, 0.717) is 75.9 Å². The number of hydrogen-bond donors (Lipinski definition) is 5. The molecule has 1 unspecified atom stereocenters. The van der Waals surface area contributed by atoms with Gasteiger partial charge in [0.2, 0.25) is 35.7 Å². The fourth-order valence-corrected chi connectivity index (χ4v) is 4.91. The second-order valence-electron chi connectivity index (χ2n) is 9.74. The van der Waals surface area contributed by atoms with E-state index in [1.807, 2.05) is 15.9 Å². The minimum absolute atomic E-state index is 0.100. The van der Waals surface area contributed by atoms with E-state index in [2.05, 4.69) is 51.2 Å². The molecule has 0 aliphatic carbocycles. The predicted molar refractivity (Wildman–Crippen MR) is 166 cm³/mol. The predicted octanol–water partition coefficient (Wildman–Crippen LogP) is -0.192. The van der Waals surface area contributed by atoms with Crippen LogP contribution >= 0.6 is 0 Å². The van der Waals surface area contributed by atoms with Gasteiger partial charge < -0.3 is 45.1 Å². The van der Waals surface area contributed by atoms with Gasteiger partial charge in [0.25, 0.3) is 10.1 Å². The Morgan fingerprint density at radius 3 is 1.71 bits per heavy atom.